The van der Waals surface area contributed by atoms with Gasteiger partial charge in [0.25, 0.3) is 5.91 Å². The summed E-state index contributed by atoms with van der Waals surface area (Å²) < 4.78 is 44.3. The number of likely N-dealkylation sites (N-methyl/N-ethyl adjacent to an activating group) is 2. The molecule has 1 amide bonds. The van der Waals surface area contributed by atoms with Crippen LogP contribution in [0.1, 0.15) is 34.5 Å². The van der Waals surface area contributed by atoms with Gasteiger partial charge in [-0.05, 0) is 73.1 Å². The highest BCUT2D eigenvalue weighted by Gasteiger charge is 2.30. The lowest BCUT2D eigenvalue weighted by Crippen LogP contribution is -2.37. The predicted molar refractivity (Wildman–Crippen MR) is 163 cm³/mol. The first-order valence-corrected chi connectivity index (χ1v) is 13.9. The van der Waals surface area contributed by atoms with Crippen molar-refractivity contribution in [2.24, 2.45) is 0 Å². The van der Waals surface area contributed by atoms with E-state index in [1.165, 1.54) is 12.1 Å². The summed E-state index contributed by atoms with van der Waals surface area (Å²) in [6.45, 7) is 3.32. The maximum Gasteiger partial charge on any atom is 0.416 e. The summed E-state index contributed by atoms with van der Waals surface area (Å²) in [5.74, 6) is -0.664. The Bertz CT molecular complexity index is 1510. The lowest BCUT2D eigenvalue weighted by molar-refractivity contribution is -0.149. The molecule has 0 saturated carbocycles. The second kappa shape index (κ2) is 14.0. The Kier molecular flexibility index (Phi) is 10.2. The van der Waals surface area contributed by atoms with Gasteiger partial charge >= 0.3 is 12.1 Å². The molecule has 0 saturated heterocycles. The summed E-state index contributed by atoms with van der Waals surface area (Å²) in [5.41, 5.74) is 3.01. The Balaban J connectivity index is 1.40. The number of nitrogens with one attached hydrogen (secondary N) is 1. The van der Waals surface area contributed by atoms with Gasteiger partial charge in [0.2, 0.25) is 0 Å². The first-order valence-electron chi connectivity index (χ1n) is 13.9. The van der Waals surface area contributed by atoms with Gasteiger partial charge in [0.1, 0.15) is 6.04 Å². The summed E-state index contributed by atoms with van der Waals surface area (Å²) >= 11 is 0. The zero-order valence-corrected chi connectivity index (χ0v) is 24.3. The van der Waals surface area contributed by atoms with Crippen molar-refractivity contribution in [3.63, 3.8) is 0 Å². The first kappa shape index (κ1) is 31.3. The van der Waals surface area contributed by atoms with Crippen LogP contribution in [0.3, 0.4) is 0 Å². The van der Waals surface area contributed by atoms with Crippen LogP contribution in [0.2, 0.25) is 0 Å². The van der Waals surface area contributed by atoms with Crippen molar-refractivity contribution in [3.8, 4) is 11.1 Å². The van der Waals surface area contributed by atoms with E-state index >= 15 is 0 Å². The number of hydrogen-bond acceptors (Lipinski definition) is 5. The molecule has 0 fully saturated rings. The van der Waals surface area contributed by atoms with Crippen LogP contribution in [0.4, 0.5) is 24.5 Å². The Morgan fingerprint density at radius 1 is 0.814 bits per heavy atom. The molecule has 0 heterocycles. The zero-order valence-electron chi connectivity index (χ0n) is 24.3. The van der Waals surface area contributed by atoms with Gasteiger partial charge in [-0.1, -0.05) is 60.7 Å². The van der Waals surface area contributed by atoms with Gasteiger partial charge in [0.15, 0.2) is 0 Å². The molecule has 1 N–H and O–H groups in total. The molecule has 0 aromatic heterocycles. The predicted octanol–water partition coefficient (Wildman–Crippen LogP) is 7.30. The summed E-state index contributed by atoms with van der Waals surface area (Å²) in [6, 6.07) is 27.9. The third kappa shape index (κ3) is 8.02. The van der Waals surface area contributed by atoms with Gasteiger partial charge in [-0.15, -0.1) is 0 Å². The fraction of sp³-hybridized carbons (Fsp3) is 0.235. The SMILES string of the molecule is CCOC(=O)C(c1ccccc1)N(C)CCN(C)c1ccc(NC(=O)c2ccccc2-c2ccc(C(F)(F)F)cc2)cc1. The highest BCUT2D eigenvalue weighted by atomic mass is 19.4. The molecule has 0 radical (unpaired) electrons. The van der Waals surface area contributed by atoms with Crippen LogP contribution in [0, 0.1) is 0 Å². The minimum Gasteiger partial charge on any atom is -0.465 e. The van der Waals surface area contributed by atoms with Crippen molar-refractivity contribution in [2.75, 3.05) is 44.0 Å². The highest BCUT2D eigenvalue weighted by molar-refractivity contribution is 6.08. The number of esters is 1. The van der Waals surface area contributed by atoms with Crippen LogP contribution in [-0.4, -0.2) is 50.6 Å². The fourth-order valence-corrected chi connectivity index (χ4v) is 4.76. The van der Waals surface area contributed by atoms with Crippen LogP contribution in [0.5, 0.6) is 0 Å². The van der Waals surface area contributed by atoms with E-state index in [1.54, 1.807) is 43.3 Å². The molecule has 6 nitrogen and oxygen atoms in total. The molecule has 1 atom stereocenters. The van der Waals surface area contributed by atoms with Crippen LogP contribution in [0.25, 0.3) is 11.1 Å². The number of carbonyl (C=O) groups is 2. The normalized spacial score (nSPS) is 12.1. The third-order valence-corrected chi connectivity index (χ3v) is 7.11. The molecule has 4 rings (SSSR count). The Labute approximate surface area is 249 Å². The minimum absolute atomic E-state index is 0.293. The topological polar surface area (TPSA) is 61.9 Å². The fourth-order valence-electron chi connectivity index (χ4n) is 4.76. The smallest absolute Gasteiger partial charge is 0.416 e. The Hall–Kier alpha value is -4.63. The monoisotopic (exact) mass is 589 g/mol. The number of alkyl halides is 3. The average Bonchev–Trinajstić information content (AvgIpc) is 3.00. The number of amides is 1. The molecule has 1 unspecified atom stereocenters. The van der Waals surface area contributed by atoms with Gasteiger partial charge in [-0.25, -0.2) is 4.79 Å². The van der Waals surface area contributed by atoms with E-state index < -0.39 is 17.8 Å². The van der Waals surface area contributed by atoms with Gasteiger partial charge < -0.3 is 15.0 Å². The van der Waals surface area contributed by atoms with Crippen molar-refractivity contribution in [2.45, 2.75) is 19.1 Å². The molecule has 0 bridgehead atoms. The number of rotatable bonds is 11. The molecular weight excluding hydrogens is 555 g/mol. The van der Waals surface area contributed by atoms with Gasteiger partial charge in [-0.3, -0.25) is 9.69 Å². The molecule has 224 valence electrons. The van der Waals surface area contributed by atoms with E-state index in [9.17, 15) is 22.8 Å². The van der Waals surface area contributed by atoms with E-state index in [4.69, 9.17) is 4.74 Å². The number of carbonyl (C=O) groups excluding carboxylic acids is 2. The highest BCUT2D eigenvalue weighted by Crippen LogP contribution is 2.32. The molecule has 0 spiro atoms. The maximum atomic E-state index is 13.2. The number of benzene rings is 4. The number of ether oxygens (including phenoxy) is 1. The molecule has 0 aliphatic heterocycles. The van der Waals surface area contributed by atoms with Gasteiger partial charge in [-0.2, -0.15) is 13.2 Å². The molecule has 4 aromatic rings. The standard InChI is InChI=1S/C34H34F3N3O3/c1-4-43-33(42)31(25-10-6-5-7-11-25)40(3)23-22-39(2)28-20-18-27(19-21-28)38-32(41)30-13-9-8-12-29(30)24-14-16-26(17-15-24)34(35,36)37/h5-21,31H,4,22-23H2,1-3H3,(H,38,41). The average molecular weight is 590 g/mol. The largest absolute Gasteiger partial charge is 0.465 e. The van der Waals surface area contributed by atoms with Crippen LogP contribution >= 0.6 is 0 Å². The zero-order chi connectivity index (χ0) is 31.0. The quantitative estimate of drug-likeness (QED) is 0.186. The van der Waals surface area contributed by atoms with E-state index in [0.717, 1.165) is 23.4 Å². The molecule has 9 heteroatoms. The number of halogens is 3. The van der Waals surface area contributed by atoms with Gasteiger partial charge in [0, 0.05) is 37.1 Å². The summed E-state index contributed by atoms with van der Waals surface area (Å²) in [7, 11) is 3.84. The maximum absolute atomic E-state index is 13.2. The van der Waals surface area contributed by atoms with Crippen molar-refractivity contribution in [3.05, 3.63) is 120 Å². The van der Waals surface area contributed by atoms with E-state index in [0.29, 0.717) is 42.1 Å². The van der Waals surface area contributed by atoms with Crippen LogP contribution < -0.4 is 10.2 Å². The summed E-state index contributed by atoms with van der Waals surface area (Å²) in [4.78, 5) is 29.9. The van der Waals surface area contributed by atoms with E-state index in [-0.39, 0.29) is 11.9 Å². The second-order valence-electron chi connectivity index (χ2n) is 10.1. The second-order valence-corrected chi connectivity index (χ2v) is 10.1. The number of nitrogens with zero attached hydrogens (tertiary/aromatic N) is 2. The minimum atomic E-state index is -4.43. The Morgan fingerprint density at radius 3 is 2.07 bits per heavy atom. The van der Waals surface area contributed by atoms with Crippen LogP contribution in [-0.2, 0) is 15.7 Å². The van der Waals surface area contributed by atoms with E-state index in [1.807, 2.05) is 61.5 Å². The van der Waals surface area contributed by atoms with E-state index in [2.05, 4.69) is 10.2 Å². The molecule has 0 aliphatic carbocycles. The first-order chi connectivity index (χ1) is 20.6. The molecular formula is C34H34F3N3O3. The molecule has 43 heavy (non-hydrogen) atoms. The molecule has 4 aromatic carbocycles. The van der Waals surface area contributed by atoms with Gasteiger partial charge in [0.05, 0.1) is 12.2 Å². The summed E-state index contributed by atoms with van der Waals surface area (Å²) in [5, 5.41) is 2.88. The third-order valence-electron chi connectivity index (χ3n) is 7.11. The van der Waals surface area contributed by atoms with Crippen LogP contribution in [0.15, 0.2) is 103 Å². The van der Waals surface area contributed by atoms with Crippen molar-refractivity contribution >= 4 is 23.3 Å². The molecule has 0 aliphatic rings. The number of anilines is 2. The lowest BCUT2D eigenvalue weighted by atomic mass is 9.98. The van der Waals surface area contributed by atoms with Crippen molar-refractivity contribution in [1.29, 1.82) is 0 Å². The van der Waals surface area contributed by atoms with Crippen molar-refractivity contribution in [1.82, 2.24) is 4.90 Å². The number of hydrogen-bond donors (Lipinski definition) is 1. The Morgan fingerprint density at radius 2 is 1.44 bits per heavy atom. The van der Waals surface area contributed by atoms with Crippen molar-refractivity contribution < 1.29 is 27.5 Å². The summed E-state index contributed by atoms with van der Waals surface area (Å²) in [6.07, 6.45) is -4.43. The lowest BCUT2D eigenvalue weighted by Gasteiger charge is -2.29.